The predicted molar refractivity (Wildman–Crippen MR) is 81.3 cm³/mol. The molecule has 7 nitrogen and oxygen atoms in total. The molecule has 3 N–H and O–H groups in total. The monoisotopic (exact) mass is 319 g/mol. The number of amides is 1. The maximum atomic E-state index is 12.1. The Kier molecular flexibility index (Phi) is 7.83. The standard InChI is InChI=1S/C15H29NO6/c1-14(2,3)21-12(19)11(8-7-10(18)9-17)16-13(20)22-15(4,5)6/h10-11,17-18H,7-9H2,1-6H3,(H,16,20)/t10-,11+/m1/s1. The van der Waals surface area contributed by atoms with Crippen LogP contribution >= 0.6 is 0 Å². The van der Waals surface area contributed by atoms with Gasteiger partial charge >= 0.3 is 12.1 Å². The summed E-state index contributed by atoms with van der Waals surface area (Å²) in [5.74, 6) is -0.608. The van der Waals surface area contributed by atoms with Crippen LogP contribution in [0.5, 0.6) is 0 Å². The third-order valence-electron chi connectivity index (χ3n) is 2.38. The summed E-state index contributed by atoms with van der Waals surface area (Å²) in [5, 5.41) is 20.7. The van der Waals surface area contributed by atoms with Crippen molar-refractivity contribution < 1.29 is 29.3 Å². The zero-order valence-corrected chi connectivity index (χ0v) is 14.3. The minimum Gasteiger partial charge on any atom is -0.458 e. The van der Waals surface area contributed by atoms with Crippen LogP contribution in [0.15, 0.2) is 0 Å². The van der Waals surface area contributed by atoms with E-state index in [0.29, 0.717) is 0 Å². The average molecular weight is 319 g/mol. The van der Waals surface area contributed by atoms with E-state index in [1.54, 1.807) is 41.5 Å². The third kappa shape index (κ3) is 10.4. The molecule has 0 spiro atoms. The molecule has 0 bridgehead atoms. The second kappa shape index (κ2) is 8.33. The lowest BCUT2D eigenvalue weighted by Crippen LogP contribution is -2.46. The number of nitrogens with one attached hydrogen (secondary N) is 1. The molecule has 0 aliphatic carbocycles. The van der Waals surface area contributed by atoms with Gasteiger partial charge < -0.3 is 25.0 Å². The van der Waals surface area contributed by atoms with Crippen molar-refractivity contribution in [3.8, 4) is 0 Å². The molecular formula is C15H29NO6. The number of rotatable bonds is 6. The Labute approximate surface area is 132 Å². The first-order valence-corrected chi connectivity index (χ1v) is 7.35. The van der Waals surface area contributed by atoms with E-state index in [-0.39, 0.29) is 12.8 Å². The number of ether oxygens (including phenoxy) is 2. The van der Waals surface area contributed by atoms with E-state index in [1.807, 2.05) is 0 Å². The lowest BCUT2D eigenvalue weighted by atomic mass is 10.1. The fraction of sp³-hybridized carbons (Fsp3) is 0.867. The fourth-order valence-corrected chi connectivity index (χ4v) is 1.52. The van der Waals surface area contributed by atoms with Crippen molar-refractivity contribution in [3.05, 3.63) is 0 Å². The SMILES string of the molecule is CC(C)(C)OC(=O)N[C@@H](CC[C@@H](O)CO)C(=O)OC(C)(C)C. The minimum atomic E-state index is -0.953. The summed E-state index contributed by atoms with van der Waals surface area (Å²) in [5.41, 5.74) is -1.38. The summed E-state index contributed by atoms with van der Waals surface area (Å²) < 4.78 is 10.4. The zero-order valence-electron chi connectivity index (χ0n) is 14.3. The molecule has 0 aliphatic rings. The van der Waals surface area contributed by atoms with Gasteiger partial charge in [-0.25, -0.2) is 9.59 Å². The highest BCUT2D eigenvalue weighted by Crippen LogP contribution is 2.13. The summed E-state index contributed by atoms with van der Waals surface area (Å²) in [6.07, 6.45) is -1.40. The molecule has 0 saturated carbocycles. The highest BCUT2D eigenvalue weighted by molar-refractivity contribution is 5.81. The van der Waals surface area contributed by atoms with Crippen LogP contribution in [-0.4, -0.2) is 52.2 Å². The van der Waals surface area contributed by atoms with Crippen molar-refractivity contribution in [2.24, 2.45) is 0 Å². The summed E-state index contributed by atoms with van der Waals surface area (Å²) >= 11 is 0. The molecule has 22 heavy (non-hydrogen) atoms. The fourth-order valence-electron chi connectivity index (χ4n) is 1.52. The predicted octanol–water partition coefficient (Wildman–Crippen LogP) is 1.35. The van der Waals surface area contributed by atoms with Crippen LogP contribution in [0.4, 0.5) is 4.79 Å². The van der Waals surface area contributed by atoms with Gasteiger partial charge in [0, 0.05) is 0 Å². The lowest BCUT2D eigenvalue weighted by Gasteiger charge is -2.26. The zero-order chi connectivity index (χ0) is 17.6. The van der Waals surface area contributed by atoms with Crippen LogP contribution in [0.3, 0.4) is 0 Å². The van der Waals surface area contributed by atoms with Gasteiger partial charge in [-0.1, -0.05) is 0 Å². The largest absolute Gasteiger partial charge is 0.458 e. The molecule has 0 rings (SSSR count). The maximum Gasteiger partial charge on any atom is 0.408 e. The van der Waals surface area contributed by atoms with Gasteiger partial charge in [0.15, 0.2) is 0 Å². The topological polar surface area (TPSA) is 105 Å². The van der Waals surface area contributed by atoms with Gasteiger partial charge in [-0.3, -0.25) is 0 Å². The molecule has 0 aromatic heterocycles. The van der Waals surface area contributed by atoms with Gasteiger partial charge in [0.05, 0.1) is 12.7 Å². The molecule has 0 radical (unpaired) electrons. The molecule has 0 aromatic rings. The summed E-state index contributed by atoms with van der Waals surface area (Å²) in [4.78, 5) is 23.9. The first-order chi connectivity index (χ1) is 9.84. The molecule has 0 aliphatic heterocycles. The lowest BCUT2D eigenvalue weighted by molar-refractivity contribution is -0.157. The van der Waals surface area contributed by atoms with Gasteiger partial charge in [0.1, 0.15) is 17.2 Å². The Hall–Kier alpha value is -1.34. The van der Waals surface area contributed by atoms with Crippen LogP contribution in [0.1, 0.15) is 54.4 Å². The number of aliphatic hydroxyl groups excluding tert-OH is 2. The van der Waals surface area contributed by atoms with Gasteiger partial charge in [0.2, 0.25) is 0 Å². The second-order valence-electron chi connectivity index (χ2n) is 7.15. The van der Waals surface area contributed by atoms with E-state index in [0.717, 1.165) is 0 Å². The van der Waals surface area contributed by atoms with Crippen molar-refractivity contribution in [3.63, 3.8) is 0 Å². The van der Waals surface area contributed by atoms with E-state index < -0.39 is 42.0 Å². The van der Waals surface area contributed by atoms with Crippen LogP contribution in [0.25, 0.3) is 0 Å². The number of alkyl carbamates (subject to hydrolysis) is 1. The molecule has 7 heteroatoms. The highest BCUT2D eigenvalue weighted by Gasteiger charge is 2.28. The molecular weight excluding hydrogens is 290 g/mol. The molecule has 0 heterocycles. The Morgan fingerprint density at radius 2 is 1.50 bits per heavy atom. The molecule has 0 unspecified atom stereocenters. The Morgan fingerprint density at radius 3 is 1.91 bits per heavy atom. The number of hydrogen-bond donors (Lipinski definition) is 3. The third-order valence-corrected chi connectivity index (χ3v) is 2.38. The number of aliphatic hydroxyl groups is 2. The van der Waals surface area contributed by atoms with Gasteiger partial charge in [-0.15, -0.1) is 0 Å². The van der Waals surface area contributed by atoms with E-state index in [9.17, 15) is 14.7 Å². The molecule has 0 fully saturated rings. The van der Waals surface area contributed by atoms with E-state index >= 15 is 0 Å². The number of hydrogen-bond acceptors (Lipinski definition) is 6. The average Bonchev–Trinajstić information content (AvgIpc) is 2.29. The smallest absolute Gasteiger partial charge is 0.408 e. The van der Waals surface area contributed by atoms with Gasteiger partial charge in [0.25, 0.3) is 0 Å². The normalized spacial score (nSPS) is 14.9. The Morgan fingerprint density at radius 1 is 1.00 bits per heavy atom. The first-order valence-electron chi connectivity index (χ1n) is 7.35. The van der Waals surface area contributed by atoms with Crippen LogP contribution < -0.4 is 5.32 Å². The molecule has 0 saturated heterocycles. The Bertz CT molecular complexity index is 369. The van der Waals surface area contributed by atoms with Crippen molar-refractivity contribution in [2.45, 2.75) is 77.7 Å². The van der Waals surface area contributed by atoms with Gasteiger partial charge in [-0.2, -0.15) is 0 Å². The van der Waals surface area contributed by atoms with Crippen molar-refractivity contribution in [1.82, 2.24) is 5.32 Å². The van der Waals surface area contributed by atoms with Gasteiger partial charge in [-0.05, 0) is 54.4 Å². The maximum absolute atomic E-state index is 12.1. The van der Waals surface area contributed by atoms with E-state index in [2.05, 4.69) is 5.32 Å². The highest BCUT2D eigenvalue weighted by atomic mass is 16.6. The summed E-state index contributed by atoms with van der Waals surface area (Å²) in [6.45, 7) is 9.89. The van der Waals surface area contributed by atoms with E-state index in [4.69, 9.17) is 14.6 Å². The quantitative estimate of drug-likeness (QED) is 0.638. The van der Waals surface area contributed by atoms with Crippen molar-refractivity contribution >= 4 is 12.1 Å². The summed E-state index contributed by atoms with van der Waals surface area (Å²) in [7, 11) is 0. The number of carbonyl (C=O) groups excluding carboxylic acids is 2. The summed E-state index contributed by atoms with van der Waals surface area (Å²) in [6, 6.07) is -0.949. The molecule has 2 atom stereocenters. The molecule has 1 amide bonds. The van der Waals surface area contributed by atoms with Crippen molar-refractivity contribution in [2.75, 3.05) is 6.61 Å². The minimum absolute atomic E-state index is 0.135. The van der Waals surface area contributed by atoms with Crippen molar-refractivity contribution in [1.29, 1.82) is 0 Å². The van der Waals surface area contributed by atoms with Crippen LogP contribution in [0.2, 0.25) is 0 Å². The van der Waals surface area contributed by atoms with Crippen LogP contribution in [0, 0.1) is 0 Å². The Balaban J connectivity index is 4.78. The van der Waals surface area contributed by atoms with Crippen LogP contribution in [-0.2, 0) is 14.3 Å². The number of carbonyl (C=O) groups is 2. The second-order valence-corrected chi connectivity index (χ2v) is 7.15. The first kappa shape index (κ1) is 20.7. The number of esters is 1. The molecule has 0 aromatic carbocycles. The van der Waals surface area contributed by atoms with E-state index in [1.165, 1.54) is 0 Å². The molecule has 130 valence electrons.